The van der Waals surface area contributed by atoms with Crippen molar-refractivity contribution in [1.82, 2.24) is 20.9 Å². The predicted molar refractivity (Wildman–Crippen MR) is 137 cm³/mol. The van der Waals surface area contributed by atoms with Gasteiger partial charge in [0.05, 0.1) is 10.0 Å². The van der Waals surface area contributed by atoms with Gasteiger partial charge in [0.15, 0.2) is 0 Å². The van der Waals surface area contributed by atoms with Crippen molar-refractivity contribution in [3.8, 4) is 22.5 Å². The van der Waals surface area contributed by atoms with Gasteiger partial charge in [0, 0.05) is 24.2 Å². The van der Waals surface area contributed by atoms with E-state index in [4.69, 9.17) is 32.2 Å². The van der Waals surface area contributed by atoms with E-state index in [1.807, 2.05) is 12.1 Å². The van der Waals surface area contributed by atoms with E-state index in [0.717, 1.165) is 0 Å². The zero-order valence-corrected chi connectivity index (χ0v) is 21.2. The van der Waals surface area contributed by atoms with E-state index in [-0.39, 0.29) is 11.8 Å². The summed E-state index contributed by atoms with van der Waals surface area (Å²) in [4.78, 5) is 25.6. The number of carbonyl (C=O) groups is 2. The summed E-state index contributed by atoms with van der Waals surface area (Å²) in [5.74, 6) is 0.232. The summed E-state index contributed by atoms with van der Waals surface area (Å²) in [6.45, 7) is 4.19. The van der Waals surface area contributed by atoms with Gasteiger partial charge < -0.3 is 19.7 Å². The first kappa shape index (κ1) is 25.5. The molecule has 2 aromatic carbocycles. The van der Waals surface area contributed by atoms with Gasteiger partial charge in [-0.1, -0.05) is 69.9 Å². The van der Waals surface area contributed by atoms with Gasteiger partial charge in [-0.2, -0.15) is 0 Å². The average Bonchev–Trinajstić information content (AvgIpc) is 3.44. The molecule has 0 fully saturated rings. The zero-order chi connectivity index (χ0) is 25.7. The fraction of sp³-hybridized carbons (Fsp3) is 0.231. The number of aryl methyl sites for hydroxylation is 2. The van der Waals surface area contributed by atoms with Crippen molar-refractivity contribution in [2.75, 3.05) is 13.1 Å². The van der Waals surface area contributed by atoms with Crippen LogP contribution in [0.3, 0.4) is 0 Å². The predicted octanol–water partition coefficient (Wildman–Crippen LogP) is 5.86. The first-order chi connectivity index (χ1) is 17.4. The van der Waals surface area contributed by atoms with Gasteiger partial charge >= 0.3 is 0 Å². The van der Waals surface area contributed by atoms with Gasteiger partial charge in [-0.3, -0.25) is 9.59 Å². The topological polar surface area (TPSA) is 110 Å². The van der Waals surface area contributed by atoms with E-state index < -0.39 is 0 Å². The molecule has 36 heavy (non-hydrogen) atoms. The molecule has 2 amide bonds. The Morgan fingerprint density at radius 1 is 0.722 bits per heavy atom. The minimum absolute atomic E-state index is 0.294. The van der Waals surface area contributed by atoms with Gasteiger partial charge in [0.1, 0.15) is 34.0 Å². The summed E-state index contributed by atoms with van der Waals surface area (Å²) in [5.41, 5.74) is 2.77. The van der Waals surface area contributed by atoms with Crippen LogP contribution in [0.25, 0.3) is 22.5 Å². The van der Waals surface area contributed by atoms with Crippen molar-refractivity contribution in [2.45, 2.75) is 26.7 Å². The van der Waals surface area contributed by atoms with Crippen LogP contribution in [0.15, 0.2) is 57.6 Å². The highest BCUT2D eigenvalue weighted by molar-refractivity contribution is 6.33. The standard InChI is InChI=1S/C26H24Cl2N4O4/c1-15-21(23(31-35-15)17-9-3-5-11-19(17)27)25(33)29-13-7-8-14-30-26(34)22-16(2)36-32-24(22)18-10-4-6-12-20(18)28/h3-6,9-12H,7-8,13-14H2,1-2H3,(H,29,33)(H,30,34). The number of amides is 2. The molecule has 0 radical (unpaired) electrons. The van der Waals surface area contributed by atoms with Gasteiger partial charge in [0.25, 0.3) is 11.8 Å². The van der Waals surface area contributed by atoms with Crippen molar-refractivity contribution in [2.24, 2.45) is 0 Å². The number of carbonyl (C=O) groups excluding carboxylic acids is 2. The highest BCUT2D eigenvalue weighted by Gasteiger charge is 2.24. The van der Waals surface area contributed by atoms with E-state index in [1.54, 1.807) is 50.2 Å². The summed E-state index contributed by atoms with van der Waals surface area (Å²) in [5, 5.41) is 14.8. The second kappa shape index (κ2) is 11.4. The van der Waals surface area contributed by atoms with E-state index in [0.29, 0.717) is 81.1 Å². The van der Waals surface area contributed by atoms with Crippen molar-refractivity contribution in [1.29, 1.82) is 0 Å². The largest absolute Gasteiger partial charge is 0.360 e. The molecule has 0 atom stereocenters. The molecule has 0 saturated heterocycles. The first-order valence-electron chi connectivity index (χ1n) is 11.4. The third-order valence-electron chi connectivity index (χ3n) is 5.61. The smallest absolute Gasteiger partial charge is 0.257 e. The maximum absolute atomic E-state index is 12.8. The van der Waals surface area contributed by atoms with Crippen LogP contribution in [0, 0.1) is 13.8 Å². The Morgan fingerprint density at radius 3 is 1.50 bits per heavy atom. The zero-order valence-electron chi connectivity index (χ0n) is 19.7. The highest BCUT2D eigenvalue weighted by Crippen LogP contribution is 2.32. The number of halogens is 2. The van der Waals surface area contributed by atoms with Gasteiger partial charge in [-0.15, -0.1) is 0 Å². The normalized spacial score (nSPS) is 10.9. The second-order valence-electron chi connectivity index (χ2n) is 8.10. The van der Waals surface area contributed by atoms with E-state index in [2.05, 4.69) is 20.9 Å². The van der Waals surface area contributed by atoms with Crippen LogP contribution in [0.4, 0.5) is 0 Å². The highest BCUT2D eigenvalue weighted by atomic mass is 35.5. The third kappa shape index (κ3) is 5.45. The number of hydrogen-bond donors (Lipinski definition) is 2. The molecule has 0 aliphatic carbocycles. The number of aromatic nitrogens is 2. The van der Waals surface area contributed by atoms with E-state index in [9.17, 15) is 9.59 Å². The lowest BCUT2D eigenvalue weighted by atomic mass is 10.1. The lowest BCUT2D eigenvalue weighted by molar-refractivity contribution is 0.0938. The Morgan fingerprint density at radius 2 is 1.11 bits per heavy atom. The van der Waals surface area contributed by atoms with Gasteiger partial charge in [-0.25, -0.2) is 0 Å². The Bertz CT molecular complexity index is 1290. The van der Waals surface area contributed by atoms with Gasteiger partial charge in [-0.05, 0) is 38.8 Å². The molecule has 2 aromatic heterocycles. The Kier molecular flexibility index (Phi) is 8.07. The van der Waals surface area contributed by atoms with Crippen LogP contribution < -0.4 is 10.6 Å². The lowest BCUT2D eigenvalue weighted by Gasteiger charge is -2.08. The second-order valence-corrected chi connectivity index (χ2v) is 8.92. The lowest BCUT2D eigenvalue weighted by Crippen LogP contribution is -2.28. The number of rotatable bonds is 9. The maximum atomic E-state index is 12.8. The minimum atomic E-state index is -0.294. The number of hydrogen-bond acceptors (Lipinski definition) is 6. The van der Waals surface area contributed by atoms with E-state index in [1.165, 1.54) is 0 Å². The fourth-order valence-corrected chi connectivity index (χ4v) is 4.23. The Labute approximate surface area is 217 Å². The van der Waals surface area contributed by atoms with Crippen LogP contribution >= 0.6 is 23.2 Å². The molecule has 4 aromatic rings. The van der Waals surface area contributed by atoms with Crippen LogP contribution in [0.5, 0.6) is 0 Å². The summed E-state index contributed by atoms with van der Waals surface area (Å²) >= 11 is 12.5. The summed E-state index contributed by atoms with van der Waals surface area (Å²) < 4.78 is 10.5. The number of benzene rings is 2. The number of nitrogens with zero attached hydrogens (tertiary/aromatic N) is 2. The molecule has 0 aliphatic rings. The maximum Gasteiger partial charge on any atom is 0.257 e. The van der Waals surface area contributed by atoms with Gasteiger partial charge in [0.2, 0.25) is 0 Å². The average molecular weight is 527 g/mol. The fourth-order valence-electron chi connectivity index (χ4n) is 3.78. The van der Waals surface area contributed by atoms with Crippen LogP contribution in [-0.2, 0) is 0 Å². The minimum Gasteiger partial charge on any atom is -0.360 e. The van der Waals surface area contributed by atoms with Crippen molar-refractivity contribution in [3.63, 3.8) is 0 Å². The summed E-state index contributed by atoms with van der Waals surface area (Å²) in [7, 11) is 0. The molecule has 8 nitrogen and oxygen atoms in total. The van der Waals surface area contributed by atoms with E-state index >= 15 is 0 Å². The Hall–Kier alpha value is -3.62. The SMILES string of the molecule is Cc1onc(-c2ccccc2Cl)c1C(=O)NCCCCNC(=O)c1c(-c2ccccc2Cl)noc1C. The molecule has 0 unspecified atom stereocenters. The summed E-state index contributed by atoms with van der Waals surface area (Å²) in [6, 6.07) is 14.3. The molecule has 4 rings (SSSR count). The molecule has 0 spiro atoms. The molecule has 0 aliphatic heterocycles. The monoisotopic (exact) mass is 526 g/mol. The quantitative estimate of drug-likeness (QED) is 0.264. The molecular formula is C26H24Cl2N4O4. The number of nitrogens with one attached hydrogen (secondary N) is 2. The molecule has 186 valence electrons. The number of unbranched alkanes of at least 4 members (excludes halogenated alkanes) is 1. The summed E-state index contributed by atoms with van der Waals surface area (Å²) in [6.07, 6.45) is 1.30. The first-order valence-corrected chi connectivity index (χ1v) is 12.1. The molecular weight excluding hydrogens is 503 g/mol. The molecule has 10 heteroatoms. The van der Waals surface area contributed by atoms with Crippen molar-refractivity contribution >= 4 is 35.0 Å². The Balaban J connectivity index is 1.29. The molecule has 0 saturated carbocycles. The van der Waals surface area contributed by atoms with Crippen molar-refractivity contribution in [3.05, 3.63) is 81.2 Å². The van der Waals surface area contributed by atoms with Crippen LogP contribution in [0.2, 0.25) is 10.0 Å². The molecule has 2 N–H and O–H groups in total. The third-order valence-corrected chi connectivity index (χ3v) is 6.27. The molecule has 2 heterocycles. The molecule has 0 bridgehead atoms. The van der Waals surface area contributed by atoms with Crippen LogP contribution in [0.1, 0.15) is 45.1 Å². The van der Waals surface area contributed by atoms with Crippen LogP contribution in [-0.4, -0.2) is 35.2 Å². The van der Waals surface area contributed by atoms with Crippen molar-refractivity contribution < 1.29 is 18.6 Å².